The van der Waals surface area contributed by atoms with E-state index in [9.17, 15) is 14.0 Å². The average molecular weight is 270 g/mol. The predicted octanol–water partition coefficient (Wildman–Crippen LogP) is 0.991. The number of nitrogens with two attached hydrogens (primary N) is 1. The van der Waals surface area contributed by atoms with Crippen molar-refractivity contribution in [2.24, 2.45) is 0 Å². The molecule has 7 heteroatoms. The summed E-state index contributed by atoms with van der Waals surface area (Å²) in [6.07, 6.45) is 0. The zero-order valence-corrected chi connectivity index (χ0v) is 9.84. The zero-order valence-electron chi connectivity index (χ0n) is 9.09. The Hall–Kier alpha value is -1.92. The normalized spacial score (nSPS) is 10.8. The first-order valence-electron chi connectivity index (χ1n) is 5.01. The van der Waals surface area contributed by atoms with Gasteiger partial charge in [0, 0.05) is 12.2 Å². The van der Waals surface area contributed by atoms with Crippen LogP contribution in [-0.4, -0.2) is 0 Å². The van der Waals surface area contributed by atoms with E-state index in [1.54, 1.807) is 6.07 Å². The minimum Gasteiger partial charge on any atom is -0.394 e. The van der Waals surface area contributed by atoms with Crippen molar-refractivity contribution in [1.82, 2.24) is 4.84 Å². The summed E-state index contributed by atoms with van der Waals surface area (Å²) in [5.41, 5.74) is 4.71. The van der Waals surface area contributed by atoms with Gasteiger partial charge in [-0.05, 0) is 35.5 Å². The minimum absolute atomic E-state index is 0.00428. The van der Waals surface area contributed by atoms with Gasteiger partial charge in [-0.3, -0.25) is 9.59 Å². The fourth-order valence-electron chi connectivity index (χ4n) is 1.58. The Bertz CT molecular complexity index is 665. The lowest BCUT2D eigenvalue weighted by Gasteiger charge is -2.11. The number of halogens is 2. The summed E-state index contributed by atoms with van der Waals surface area (Å²) in [6, 6.07) is 4.08. The van der Waals surface area contributed by atoms with Crippen LogP contribution >= 0.6 is 11.8 Å². The maximum absolute atomic E-state index is 13.3. The summed E-state index contributed by atoms with van der Waals surface area (Å²) >= 11 is 5.33. The molecule has 0 amide bonds. The molecule has 0 saturated heterocycles. The average Bonchev–Trinajstić information content (AvgIpc) is 2.34. The summed E-state index contributed by atoms with van der Waals surface area (Å²) in [5.74, 6) is -0.487. The molecule has 18 heavy (non-hydrogen) atoms. The van der Waals surface area contributed by atoms with Gasteiger partial charge in [0.05, 0.1) is 0 Å². The predicted molar refractivity (Wildman–Crippen MR) is 68.1 cm³/mol. The molecule has 94 valence electrons. The number of hydrogen-bond donors (Lipinski definition) is 3. The van der Waals surface area contributed by atoms with Gasteiger partial charge in [-0.2, -0.15) is 0 Å². The van der Waals surface area contributed by atoms with Gasteiger partial charge in [-0.15, -0.1) is 0 Å². The zero-order chi connectivity index (χ0) is 13.3. The molecule has 0 spiro atoms. The highest BCUT2D eigenvalue weighted by molar-refractivity contribution is 6.13. The molecule has 0 unspecified atom stereocenters. The summed E-state index contributed by atoms with van der Waals surface area (Å²) < 4.78 is 13.3. The van der Waals surface area contributed by atoms with Crippen molar-refractivity contribution >= 4 is 28.8 Å². The lowest BCUT2D eigenvalue weighted by Crippen LogP contribution is -2.36. The van der Waals surface area contributed by atoms with Gasteiger partial charge in [0.2, 0.25) is 0 Å². The van der Waals surface area contributed by atoms with Crippen LogP contribution in [0.4, 0.5) is 21.5 Å². The first-order chi connectivity index (χ1) is 8.52. The number of rotatable bonds is 4. The van der Waals surface area contributed by atoms with Gasteiger partial charge in [0.25, 0.3) is 10.9 Å². The molecule has 0 aliphatic heterocycles. The molecule has 0 aliphatic rings. The molecule has 2 aromatic rings. The number of anilines is 3. The number of nitrogens with one attached hydrogen (secondary N) is 2. The van der Waals surface area contributed by atoms with Crippen LogP contribution in [-0.2, 0) is 6.54 Å². The first kappa shape index (κ1) is 12.5. The van der Waals surface area contributed by atoms with E-state index in [1.807, 2.05) is 0 Å². The maximum Gasteiger partial charge on any atom is 0.253 e. The Morgan fingerprint density at radius 1 is 1.22 bits per heavy atom. The van der Waals surface area contributed by atoms with Gasteiger partial charge in [-0.25, -0.2) is 9.23 Å². The van der Waals surface area contributed by atoms with Crippen LogP contribution < -0.4 is 26.7 Å². The molecule has 0 aromatic heterocycles. The van der Waals surface area contributed by atoms with Crippen LogP contribution in [0.2, 0.25) is 0 Å². The fraction of sp³-hybridized carbons (Fsp3) is 0.0909. The Labute approximate surface area is 106 Å². The molecule has 0 saturated carbocycles. The van der Waals surface area contributed by atoms with Crippen molar-refractivity contribution in [3.05, 3.63) is 50.0 Å². The van der Waals surface area contributed by atoms with Crippen LogP contribution in [0.25, 0.3) is 0 Å². The van der Waals surface area contributed by atoms with Crippen molar-refractivity contribution in [3.63, 3.8) is 0 Å². The molecule has 0 aliphatic carbocycles. The summed E-state index contributed by atoms with van der Waals surface area (Å²) in [7, 11) is 0. The van der Waals surface area contributed by atoms with E-state index in [0.717, 1.165) is 0 Å². The Morgan fingerprint density at radius 3 is 2.56 bits per heavy atom. The van der Waals surface area contributed by atoms with Gasteiger partial charge in [0.15, 0.2) is 0 Å². The lowest BCUT2D eigenvalue weighted by molar-refractivity contribution is 0.625. The number of hydrogen-bond acceptors (Lipinski definition) is 5. The van der Waals surface area contributed by atoms with E-state index in [-0.39, 0.29) is 17.9 Å². The van der Waals surface area contributed by atoms with E-state index in [2.05, 4.69) is 10.2 Å². The molecule has 0 bridgehead atoms. The molecule has 0 atom stereocenters. The third-order valence-electron chi connectivity index (χ3n) is 2.45. The van der Waals surface area contributed by atoms with Crippen LogP contribution in [0.1, 0.15) is 5.56 Å². The molecule has 0 fully saturated rings. The molecular weight excluding hydrogens is 261 g/mol. The second kappa shape index (κ2) is 4.75. The minimum atomic E-state index is -0.725. The third kappa shape index (κ3) is 2.20. The van der Waals surface area contributed by atoms with Crippen LogP contribution in [0, 0.1) is 5.82 Å². The highest BCUT2D eigenvalue weighted by Crippen LogP contribution is 2.20. The Kier molecular flexibility index (Phi) is 3.31. The summed E-state index contributed by atoms with van der Waals surface area (Å²) in [5, 5.41) is 2.62. The van der Waals surface area contributed by atoms with Gasteiger partial charge in [0.1, 0.15) is 17.2 Å². The smallest absolute Gasteiger partial charge is 0.253 e. The van der Waals surface area contributed by atoms with Crippen molar-refractivity contribution in [1.29, 1.82) is 0 Å². The topological polar surface area (TPSA) is 84.2 Å². The largest absolute Gasteiger partial charge is 0.394 e. The molecule has 0 heterocycles. The second-order valence-corrected chi connectivity index (χ2v) is 4.00. The van der Waals surface area contributed by atoms with Crippen molar-refractivity contribution in [3.8, 4) is 0 Å². The first-order valence-corrected chi connectivity index (χ1v) is 5.39. The molecule has 4 N–H and O–H groups in total. The molecule has 0 radical (unpaired) electrons. The monoisotopic (exact) mass is 269 g/mol. The highest BCUT2D eigenvalue weighted by Gasteiger charge is 2.18. The SMILES string of the molecule is Nc1c(Nc2cc(F)cc(CNCl)c2)c(=O)c1=O. The van der Waals surface area contributed by atoms with Crippen molar-refractivity contribution in [2.75, 3.05) is 11.1 Å². The highest BCUT2D eigenvalue weighted by atomic mass is 35.5. The fourth-order valence-corrected chi connectivity index (χ4v) is 1.73. The summed E-state index contributed by atoms with van der Waals surface area (Å²) in [4.78, 5) is 24.5. The molecular formula is C11H9ClFN3O2. The summed E-state index contributed by atoms with van der Waals surface area (Å²) in [6.45, 7) is 0.259. The number of benzene rings is 1. The third-order valence-corrected chi connectivity index (χ3v) is 2.58. The van der Waals surface area contributed by atoms with Crippen LogP contribution in [0.15, 0.2) is 27.8 Å². The molecule has 2 rings (SSSR count). The second-order valence-electron chi connectivity index (χ2n) is 3.73. The molecule has 2 aromatic carbocycles. The standard InChI is InChI=1S/C11H9ClFN3O2/c12-15-4-5-1-6(13)3-7(2-5)16-9-8(14)10(17)11(9)18/h1-3,15-16H,4,14H2. The Balaban J connectivity index is 2.30. The quantitative estimate of drug-likeness (QED) is 0.569. The number of nitrogen functional groups attached to an aromatic ring is 1. The van der Waals surface area contributed by atoms with E-state index < -0.39 is 16.7 Å². The van der Waals surface area contributed by atoms with E-state index in [0.29, 0.717) is 11.3 Å². The van der Waals surface area contributed by atoms with Crippen LogP contribution in [0.3, 0.4) is 0 Å². The van der Waals surface area contributed by atoms with Crippen LogP contribution in [0.5, 0.6) is 0 Å². The van der Waals surface area contributed by atoms with Gasteiger partial charge >= 0.3 is 0 Å². The van der Waals surface area contributed by atoms with Gasteiger partial charge < -0.3 is 11.1 Å². The Morgan fingerprint density at radius 2 is 1.94 bits per heavy atom. The van der Waals surface area contributed by atoms with Crippen molar-refractivity contribution < 1.29 is 4.39 Å². The van der Waals surface area contributed by atoms with E-state index >= 15 is 0 Å². The van der Waals surface area contributed by atoms with Crippen molar-refractivity contribution in [2.45, 2.75) is 6.54 Å². The maximum atomic E-state index is 13.3. The van der Waals surface area contributed by atoms with E-state index in [1.165, 1.54) is 12.1 Å². The molecule has 5 nitrogen and oxygen atoms in total. The van der Waals surface area contributed by atoms with Gasteiger partial charge in [-0.1, -0.05) is 0 Å². The lowest BCUT2D eigenvalue weighted by atomic mass is 10.1. The van der Waals surface area contributed by atoms with E-state index in [4.69, 9.17) is 17.5 Å².